The first-order valence-corrected chi connectivity index (χ1v) is 7.14. The van der Waals surface area contributed by atoms with Gasteiger partial charge < -0.3 is 5.11 Å². The molecule has 1 rings (SSSR count). The highest BCUT2D eigenvalue weighted by Gasteiger charge is 2.31. The van der Waals surface area contributed by atoms with E-state index >= 15 is 0 Å². The summed E-state index contributed by atoms with van der Waals surface area (Å²) in [6, 6.07) is 2.25. The van der Waals surface area contributed by atoms with Gasteiger partial charge in [-0.25, -0.2) is 22.0 Å². The zero-order chi connectivity index (χ0) is 16.4. The van der Waals surface area contributed by atoms with Crippen LogP contribution in [-0.4, -0.2) is 36.9 Å². The highest BCUT2D eigenvalue weighted by atomic mass is 32.2. The maximum atomic E-state index is 14.0. The van der Waals surface area contributed by atoms with Crippen LogP contribution in [0.4, 0.5) is 8.78 Å². The molecule has 114 valence electrons. The second-order valence-corrected chi connectivity index (χ2v) is 6.24. The maximum absolute atomic E-state index is 14.0. The second-order valence-electron chi connectivity index (χ2n) is 4.27. The van der Waals surface area contributed by atoms with Crippen LogP contribution in [0.5, 0.6) is 0 Å². The molecule has 0 saturated carbocycles. The lowest BCUT2D eigenvalue weighted by Crippen LogP contribution is -2.35. The Balaban J connectivity index is 3.44. The molecule has 0 radical (unpaired) electrons. The van der Waals surface area contributed by atoms with Crippen LogP contribution in [0, 0.1) is 23.0 Å². The summed E-state index contributed by atoms with van der Waals surface area (Å²) in [6.07, 6.45) is -0.135. The second kappa shape index (κ2) is 6.15. The number of carboxylic acids is 1. The molecule has 21 heavy (non-hydrogen) atoms. The van der Waals surface area contributed by atoms with Crippen molar-refractivity contribution in [2.75, 3.05) is 7.05 Å². The fourth-order valence-electron chi connectivity index (χ4n) is 1.58. The van der Waals surface area contributed by atoms with Crippen LogP contribution in [0.25, 0.3) is 0 Å². The molecule has 6 nitrogen and oxygen atoms in total. The van der Waals surface area contributed by atoms with Crippen molar-refractivity contribution in [2.45, 2.75) is 24.3 Å². The summed E-state index contributed by atoms with van der Waals surface area (Å²) in [5.41, 5.74) is -1.34. The zero-order valence-corrected chi connectivity index (χ0v) is 12.0. The zero-order valence-electron chi connectivity index (χ0n) is 11.2. The Morgan fingerprint density at radius 2 is 2.05 bits per heavy atom. The Bertz CT molecular complexity index is 713. The Morgan fingerprint density at radius 3 is 2.52 bits per heavy atom. The van der Waals surface area contributed by atoms with E-state index < -0.39 is 44.1 Å². The predicted octanol–water partition coefficient (Wildman–Crippen LogP) is 1.59. The largest absolute Gasteiger partial charge is 0.477 e. The van der Waals surface area contributed by atoms with Gasteiger partial charge in [-0.15, -0.1) is 0 Å². The third-order valence-electron chi connectivity index (χ3n) is 2.93. The van der Waals surface area contributed by atoms with E-state index in [1.54, 1.807) is 6.07 Å². The topological polar surface area (TPSA) is 98.5 Å². The van der Waals surface area contributed by atoms with Crippen molar-refractivity contribution in [3.05, 3.63) is 29.3 Å². The van der Waals surface area contributed by atoms with Crippen LogP contribution in [0.2, 0.25) is 0 Å². The number of hydrogen-bond acceptors (Lipinski definition) is 4. The molecule has 0 aromatic heterocycles. The van der Waals surface area contributed by atoms with Crippen LogP contribution in [-0.2, 0) is 10.0 Å². The molecule has 0 fully saturated rings. The number of nitrogens with zero attached hydrogens (tertiary/aromatic N) is 2. The van der Waals surface area contributed by atoms with E-state index in [9.17, 15) is 22.0 Å². The molecule has 0 spiro atoms. The molecule has 1 N–H and O–H groups in total. The van der Waals surface area contributed by atoms with Crippen molar-refractivity contribution in [1.29, 1.82) is 5.26 Å². The number of rotatable bonds is 5. The smallest absolute Gasteiger partial charge is 0.341 e. The van der Waals surface area contributed by atoms with E-state index in [-0.39, 0.29) is 6.42 Å². The van der Waals surface area contributed by atoms with E-state index in [2.05, 4.69) is 0 Å². The minimum absolute atomic E-state index is 0.135. The molecular weight excluding hydrogens is 306 g/mol. The van der Waals surface area contributed by atoms with E-state index in [1.807, 2.05) is 0 Å². The van der Waals surface area contributed by atoms with Gasteiger partial charge in [-0.2, -0.15) is 9.57 Å². The first-order chi connectivity index (χ1) is 9.64. The first kappa shape index (κ1) is 17.0. The highest BCUT2D eigenvalue weighted by Crippen LogP contribution is 2.25. The quantitative estimate of drug-likeness (QED) is 0.889. The molecule has 1 unspecified atom stereocenters. The number of aromatic carboxylic acids is 1. The fourth-order valence-corrected chi connectivity index (χ4v) is 3.01. The molecule has 0 heterocycles. The average Bonchev–Trinajstić information content (AvgIpc) is 2.37. The normalized spacial score (nSPS) is 13.0. The third kappa shape index (κ3) is 3.17. The predicted molar refractivity (Wildman–Crippen MR) is 68.0 cm³/mol. The van der Waals surface area contributed by atoms with Gasteiger partial charge in [0.2, 0.25) is 10.0 Å². The number of carbonyl (C=O) groups is 1. The first-order valence-electron chi connectivity index (χ1n) is 5.70. The van der Waals surface area contributed by atoms with Crippen molar-refractivity contribution in [3.8, 4) is 6.07 Å². The summed E-state index contributed by atoms with van der Waals surface area (Å²) in [5.74, 6) is -4.94. The van der Waals surface area contributed by atoms with E-state index in [4.69, 9.17) is 10.4 Å². The molecule has 1 atom stereocenters. The number of hydrogen-bond donors (Lipinski definition) is 1. The van der Waals surface area contributed by atoms with Gasteiger partial charge in [0, 0.05) is 13.1 Å². The van der Waals surface area contributed by atoms with Gasteiger partial charge in [0.1, 0.15) is 16.3 Å². The lowest BCUT2D eigenvalue weighted by atomic mass is 10.2. The molecule has 0 bridgehead atoms. The minimum Gasteiger partial charge on any atom is -0.477 e. The standard InChI is InChI=1S/C12H12F2N2O4S/c1-7(5-6-15)16(2)21(19,20)9-4-3-8(13)10(11(9)14)12(17)18/h3-4,7H,5H2,1-2H3,(H,17,18). The Labute approximate surface area is 120 Å². The van der Waals surface area contributed by atoms with Crippen molar-refractivity contribution < 1.29 is 27.1 Å². The molecule has 0 amide bonds. The number of halogens is 2. The van der Waals surface area contributed by atoms with Gasteiger partial charge in [-0.05, 0) is 19.1 Å². The number of sulfonamides is 1. The lowest BCUT2D eigenvalue weighted by molar-refractivity contribution is 0.0685. The SMILES string of the molecule is CC(CC#N)N(C)S(=O)(=O)c1ccc(F)c(C(=O)O)c1F. The molecular formula is C12H12F2N2O4S. The molecule has 0 aliphatic heterocycles. The van der Waals surface area contributed by atoms with E-state index in [0.29, 0.717) is 12.1 Å². The monoisotopic (exact) mass is 318 g/mol. The van der Waals surface area contributed by atoms with Crippen molar-refractivity contribution >= 4 is 16.0 Å². The summed E-state index contributed by atoms with van der Waals surface area (Å²) in [4.78, 5) is 9.85. The molecule has 1 aromatic rings. The van der Waals surface area contributed by atoms with E-state index in [1.165, 1.54) is 6.92 Å². The fraction of sp³-hybridized carbons (Fsp3) is 0.333. The molecule has 0 aliphatic rings. The van der Waals surface area contributed by atoms with Gasteiger partial charge >= 0.3 is 5.97 Å². The van der Waals surface area contributed by atoms with Crippen LogP contribution < -0.4 is 0 Å². The Hall–Kier alpha value is -2.05. The van der Waals surface area contributed by atoms with E-state index in [0.717, 1.165) is 11.4 Å². The molecule has 0 aliphatic carbocycles. The molecule has 1 aromatic carbocycles. The van der Waals surface area contributed by atoms with Gasteiger partial charge in [0.25, 0.3) is 0 Å². The summed E-state index contributed by atoms with van der Waals surface area (Å²) in [6.45, 7) is 1.43. The molecule has 0 saturated heterocycles. The third-order valence-corrected chi connectivity index (χ3v) is 4.92. The summed E-state index contributed by atoms with van der Waals surface area (Å²) in [5, 5.41) is 17.3. The molecule has 9 heteroatoms. The van der Waals surface area contributed by atoms with Crippen molar-refractivity contribution in [1.82, 2.24) is 4.31 Å². The van der Waals surface area contributed by atoms with Gasteiger partial charge in [0.15, 0.2) is 5.82 Å². The highest BCUT2D eigenvalue weighted by molar-refractivity contribution is 7.89. The van der Waals surface area contributed by atoms with Gasteiger partial charge in [-0.3, -0.25) is 0 Å². The summed E-state index contributed by atoms with van der Waals surface area (Å²) >= 11 is 0. The number of benzene rings is 1. The lowest BCUT2D eigenvalue weighted by Gasteiger charge is -2.22. The number of nitriles is 1. The average molecular weight is 318 g/mol. The van der Waals surface area contributed by atoms with Crippen LogP contribution >= 0.6 is 0 Å². The van der Waals surface area contributed by atoms with Crippen molar-refractivity contribution in [3.63, 3.8) is 0 Å². The Kier molecular flexibility index (Phi) is 4.98. The van der Waals surface area contributed by atoms with Crippen LogP contribution in [0.3, 0.4) is 0 Å². The van der Waals surface area contributed by atoms with Crippen LogP contribution in [0.15, 0.2) is 17.0 Å². The van der Waals surface area contributed by atoms with Crippen LogP contribution in [0.1, 0.15) is 23.7 Å². The maximum Gasteiger partial charge on any atom is 0.341 e. The van der Waals surface area contributed by atoms with Crippen molar-refractivity contribution in [2.24, 2.45) is 0 Å². The Morgan fingerprint density at radius 1 is 1.48 bits per heavy atom. The number of carboxylic acid groups (broad SMARTS) is 1. The van der Waals surface area contributed by atoms with Gasteiger partial charge in [-0.1, -0.05) is 0 Å². The van der Waals surface area contributed by atoms with Gasteiger partial charge in [0.05, 0.1) is 12.5 Å². The minimum atomic E-state index is -4.39. The summed E-state index contributed by atoms with van der Waals surface area (Å²) in [7, 11) is -3.26. The summed E-state index contributed by atoms with van der Waals surface area (Å²) < 4.78 is 52.4.